The zero-order valence-corrected chi connectivity index (χ0v) is 17.0. The van der Waals surface area contributed by atoms with Crippen molar-refractivity contribution in [3.8, 4) is 11.5 Å². The number of hydrogen-bond donors (Lipinski definition) is 1. The largest absolute Gasteiger partial charge is 0.497 e. The number of carbonyl (C=O) groups excluding carboxylic acids is 1. The molecular formula is C20H19FN2O3S2. The molecule has 1 amide bonds. The standard InChI is InChI=1S/C20H19FN2O3S2/c1-25-15-7-8-17(18(10-15)26-2)23-19(24)9-14-12-28-20(22-14)27-11-13-5-3-4-6-16(13)21/h3-8,10,12H,9,11H2,1-2H3,(H,23,24). The Morgan fingerprint density at radius 2 is 2.04 bits per heavy atom. The smallest absolute Gasteiger partial charge is 0.230 e. The maximum Gasteiger partial charge on any atom is 0.230 e. The van der Waals surface area contributed by atoms with Crippen LogP contribution in [-0.4, -0.2) is 25.1 Å². The minimum Gasteiger partial charge on any atom is -0.497 e. The SMILES string of the molecule is COc1ccc(NC(=O)Cc2csc(SCc3ccccc3F)n2)c(OC)c1. The van der Waals surface area contributed by atoms with Gasteiger partial charge in [-0.05, 0) is 23.8 Å². The van der Waals surface area contributed by atoms with E-state index in [0.29, 0.717) is 34.2 Å². The van der Waals surface area contributed by atoms with E-state index in [0.717, 1.165) is 4.34 Å². The fourth-order valence-electron chi connectivity index (χ4n) is 2.45. The molecule has 0 radical (unpaired) electrons. The van der Waals surface area contributed by atoms with Gasteiger partial charge < -0.3 is 14.8 Å². The summed E-state index contributed by atoms with van der Waals surface area (Å²) in [6, 6.07) is 11.9. The monoisotopic (exact) mass is 418 g/mol. The summed E-state index contributed by atoms with van der Waals surface area (Å²) in [6.45, 7) is 0. The van der Waals surface area contributed by atoms with Crippen LogP contribution in [-0.2, 0) is 17.0 Å². The van der Waals surface area contributed by atoms with Crippen molar-refractivity contribution in [2.45, 2.75) is 16.5 Å². The molecule has 0 aliphatic rings. The molecule has 0 spiro atoms. The predicted molar refractivity (Wildman–Crippen MR) is 110 cm³/mol. The summed E-state index contributed by atoms with van der Waals surface area (Å²) in [4.78, 5) is 16.8. The number of nitrogens with one attached hydrogen (secondary N) is 1. The number of thioether (sulfide) groups is 1. The number of ether oxygens (including phenoxy) is 2. The Hall–Kier alpha value is -2.58. The highest BCUT2D eigenvalue weighted by atomic mass is 32.2. The fraction of sp³-hybridized carbons (Fsp3) is 0.200. The maximum atomic E-state index is 13.7. The lowest BCUT2D eigenvalue weighted by atomic mass is 10.2. The number of methoxy groups -OCH3 is 2. The van der Waals surface area contributed by atoms with Crippen LogP contribution >= 0.6 is 23.1 Å². The molecule has 0 unspecified atom stereocenters. The second-order valence-electron chi connectivity index (χ2n) is 5.78. The Labute approximate surface area is 170 Å². The average molecular weight is 419 g/mol. The van der Waals surface area contributed by atoms with Crippen molar-refractivity contribution in [3.05, 3.63) is 64.9 Å². The maximum absolute atomic E-state index is 13.7. The zero-order chi connectivity index (χ0) is 19.9. The van der Waals surface area contributed by atoms with Crippen LogP contribution in [0.2, 0.25) is 0 Å². The number of hydrogen-bond acceptors (Lipinski definition) is 6. The molecule has 1 aromatic heterocycles. The Bertz CT molecular complexity index is 962. The van der Waals surface area contributed by atoms with Crippen LogP contribution in [0.4, 0.5) is 10.1 Å². The van der Waals surface area contributed by atoms with Gasteiger partial charge in [0, 0.05) is 17.2 Å². The summed E-state index contributed by atoms with van der Waals surface area (Å²) in [6.07, 6.45) is 0.145. The fourth-order valence-corrected chi connectivity index (χ4v) is 4.28. The van der Waals surface area contributed by atoms with Gasteiger partial charge in [0.1, 0.15) is 21.7 Å². The number of aromatic nitrogens is 1. The molecule has 3 rings (SSSR count). The average Bonchev–Trinajstić information content (AvgIpc) is 3.14. The number of anilines is 1. The van der Waals surface area contributed by atoms with Gasteiger partial charge in [-0.2, -0.15) is 0 Å². The zero-order valence-electron chi connectivity index (χ0n) is 15.4. The normalized spacial score (nSPS) is 10.5. The third-order valence-corrected chi connectivity index (χ3v) is 5.98. The first-order chi connectivity index (χ1) is 13.6. The van der Waals surface area contributed by atoms with Gasteiger partial charge in [-0.3, -0.25) is 4.79 Å². The van der Waals surface area contributed by atoms with Gasteiger partial charge in [0.25, 0.3) is 0 Å². The highest BCUT2D eigenvalue weighted by Crippen LogP contribution is 2.30. The summed E-state index contributed by atoms with van der Waals surface area (Å²) < 4.78 is 24.9. The summed E-state index contributed by atoms with van der Waals surface area (Å²) in [5, 5.41) is 4.67. The van der Waals surface area contributed by atoms with Gasteiger partial charge in [-0.1, -0.05) is 30.0 Å². The third kappa shape index (κ3) is 5.24. The lowest BCUT2D eigenvalue weighted by Crippen LogP contribution is -2.15. The second-order valence-corrected chi connectivity index (χ2v) is 7.86. The van der Waals surface area contributed by atoms with Crippen molar-refractivity contribution in [2.75, 3.05) is 19.5 Å². The van der Waals surface area contributed by atoms with Crippen molar-refractivity contribution in [1.29, 1.82) is 0 Å². The quantitative estimate of drug-likeness (QED) is 0.534. The molecule has 5 nitrogen and oxygen atoms in total. The van der Waals surface area contributed by atoms with E-state index in [1.807, 2.05) is 11.4 Å². The van der Waals surface area contributed by atoms with E-state index in [9.17, 15) is 9.18 Å². The number of carbonyl (C=O) groups is 1. The summed E-state index contributed by atoms with van der Waals surface area (Å²) in [5.74, 6) is 1.24. The molecule has 0 bridgehead atoms. The van der Waals surface area contributed by atoms with Crippen LogP contribution in [0.1, 0.15) is 11.3 Å². The molecular weight excluding hydrogens is 399 g/mol. The molecule has 28 heavy (non-hydrogen) atoms. The first kappa shape index (κ1) is 20.2. The van der Waals surface area contributed by atoms with Crippen LogP contribution < -0.4 is 14.8 Å². The van der Waals surface area contributed by atoms with E-state index in [-0.39, 0.29) is 18.1 Å². The molecule has 2 aromatic carbocycles. The number of benzene rings is 2. The summed E-state index contributed by atoms with van der Waals surface area (Å²) in [7, 11) is 3.10. The third-order valence-electron chi connectivity index (χ3n) is 3.86. The Kier molecular flexibility index (Phi) is 6.89. The lowest BCUT2D eigenvalue weighted by Gasteiger charge is -2.11. The Morgan fingerprint density at radius 3 is 2.79 bits per heavy atom. The topological polar surface area (TPSA) is 60.5 Å². The minimum atomic E-state index is -0.223. The summed E-state index contributed by atoms with van der Waals surface area (Å²) >= 11 is 2.90. The lowest BCUT2D eigenvalue weighted by molar-refractivity contribution is -0.115. The number of amides is 1. The van der Waals surface area contributed by atoms with Gasteiger partial charge in [-0.25, -0.2) is 9.37 Å². The number of rotatable bonds is 8. The van der Waals surface area contributed by atoms with E-state index in [1.165, 1.54) is 36.3 Å². The number of nitrogens with zero attached hydrogens (tertiary/aromatic N) is 1. The van der Waals surface area contributed by atoms with E-state index in [4.69, 9.17) is 9.47 Å². The molecule has 0 saturated carbocycles. The first-order valence-electron chi connectivity index (χ1n) is 8.41. The van der Waals surface area contributed by atoms with Crippen LogP contribution in [0, 0.1) is 5.82 Å². The van der Waals surface area contributed by atoms with E-state index >= 15 is 0 Å². The van der Waals surface area contributed by atoms with Crippen LogP contribution in [0.15, 0.2) is 52.2 Å². The van der Waals surface area contributed by atoms with Crippen LogP contribution in [0.25, 0.3) is 0 Å². The van der Waals surface area contributed by atoms with Crippen molar-refractivity contribution in [3.63, 3.8) is 0 Å². The van der Waals surface area contributed by atoms with Crippen LogP contribution in [0.5, 0.6) is 11.5 Å². The molecule has 0 saturated heterocycles. The van der Waals surface area contributed by atoms with E-state index < -0.39 is 0 Å². The second kappa shape index (κ2) is 9.57. The van der Waals surface area contributed by atoms with Gasteiger partial charge >= 0.3 is 0 Å². The minimum absolute atomic E-state index is 0.145. The molecule has 0 atom stereocenters. The molecule has 0 aliphatic heterocycles. The number of halogens is 1. The molecule has 1 N–H and O–H groups in total. The molecule has 1 heterocycles. The van der Waals surface area contributed by atoms with Crippen molar-refractivity contribution in [1.82, 2.24) is 4.98 Å². The van der Waals surface area contributed by atoms with E-state index in [1.54, 1.807) is 37.4 Å². The van der Waals surface area contributed by atoms with Gasteiger partial charge in [0.15, 0.2) is 0 Å². The van der Waals surface area contributed by atoms with Crippen LogP contribution in [0.3, 0.4) is 0 Å². The van der Waals surface area contributed by atoms with Gasteiger partial charge in [0.2, 0.25) is 5.91 Å². The highest BCUT2D eigenvalue weighted by molar-refractivity contribution is 8.00. The molecule has 3 aromatic rings. The molecule has 0 fully saturated rings. The van der Waals surface area contributed by atoms with Gasteiger partial charge in [0.05, 0.1) is 32.0 Å². The number of thiazole rings is 1. The van der Waals surface area contributed by atoms with Gasteiger partial charge in [-0.15, -0.1) is 11.3 Å². The molecule has 8 heteroatoms. The first-order valence-corrected chi connectivity index (χ1v) is 10.3. The highest BCUT2D eigenvalue weighted by Gasteiger charge is 2.12. The van der Waals surface area contributed by atoms with E-state index in [2.05, 4.69) is 10.3 Å². The Morgan fingerprint density at radius 1 is 1.21 bits per heavy atom. The molecule has 146 valence electrons. The van der Waals surface area contributed by atoms with Crippen molar-refractivity contribution in [2.24, 2.45) is 0 Å². The predicted octanol–water partition coefficient (Wildman–Crippen LogP) is 4.77. The Balaban J connectivity index is 1.57. The van der Waals surface area contributed by atoms with Crippen molar-refractivity contribution >= 4 is 34.7 Å². The van der Waals surface area contributed by atoms with Crippen molar-refractivity contribution < 1.29 is 18.7 Å². The molecule has 0 aliphatic carbocycles. The summed E-state index contributed by atoms with van der Waals surface area (Å²) in [5.41, 5.74) is 1.87.